The SMILES string of the molecule is NC(=O)[C@H]1CCCN1CC(=O)N[C@H](Cc1ccccc1)c1ccccc1. The van der Waals surface area contributed by atoms with E-state index in [4.69, 9.17) is 5.73 Å². The molecule has 3 rings (SSSR count). The van der Waals surface area contributed by atoms with Crippen molar-refractivity contribution in [2.45, 2.75) is 31.3 Å². The van der Waals surface area contributed by atoms with Crippen molar-refractivity contribution in [3.63, 3.8) is 0 Å². The van der Waals surface area contributed by atoms with Gasteiger partial charge >= 0.3 is 0 Å². The molecule has 0 unspecified atom stereocenters. The predicted molar refractivity (Wildman–Crippen MR) is 101 cm³/mol. The van der Waals surface area contributed by atoms with Gasteiger partial charge in [-0.05, 0) is 36.9 Å². The maximum absolute atomic E-state index is 12.6. The zero-order chi connectivity index (χ0) is 18.4. The third-order valence-corrected chi connectivity index (χ3v) is 4.86. The van der Waals surface area contributed by atoms with Gasteiger partial charge in [-0.3, -0.25) is 14.5 Å². The van der Waals surface area contributed by atoms with Crippen LogP contribution in [-0.2, 0) is 16.0 Å². The molecule has 5 heteroatoms. The minimum absolute atomic E-state index is 0.0806. The zero-order valence-electron chi connectivity index (χ0n) is 14.8. The van der Waals surface area contributed by atoms with Crippen LogP contribution in [0.1, 0.15) is 30.0 Å². The van der Waals surface area contributed by atoms with Crippen molar-refractivity contribution >= 4 is 11.8 Å². The van der Waals surface area contributed by atoms with Gasteiger partial charge in [0.15, 0.2) is 0 Å². The van der Waals surface area contributed by atoms with E-state index in [1.807, 2.05) is 53.4 Å². The third kappa shape index (κ3) is 4.70. The van der Waals surface area contributed by atoms with Gasteiger partial charge in [0.1, 0.15) is 0 Å². The molecule has 136 valence electrons. The van der Waals surface area contributed by atoms with Crippen LogP contribution in [0.4, 0.5) is 0 Å². The van der Waals surface area contributed by atoms with Gasteiger partial charge in [-0.2, -0.15) is 0 Å². The van der Waals surface area contributed by atoms with Crippen LogP contribution >= 0.6 is 0 Å². The molecule has 2 amide bonds. The van der Waals surface area contributed by atoms with Gasteiger partial charge in [0.05, 0.1) is 18.6 Å². The molecule has 0 bridgehead atoms. The van der Waals surface area contributed by atoms with Crippen LogP contribution in [0.3, 0.4) is 0 Å². The van der Waals surface area contributed by atoms with Gasteiger partial charge in [-0.15, -0.1) is 0 Å². The van der Waals surface area contributed by atoms with Gasteiger partial charge in [0, 0.05) is 0 Å². The van der Waals surface area contributed by atoms with Gasteiger partial charge in [-0.1, -0.05) is 60.7 Å². The molecule has 0 radical (unpaired) electrons. The van der Waals surface area contributed by atoms with Crippen LogP contribution in [0.15, 0.2) is 60.7 Å². The zero-order valence-corrected chi connectivity index (χ0v) is 14.8. The number of carbonyl (C=O) groups is 2. The standard InChI is InChI=1S/C21H25N3O2/c22-21(26)19-12-7-13-24(19)15-20(25)23-18(17-10-5-2-6-11-17)14-16-8-3-1-4-9-16/h1-6,8-11,18-19H,7,12-15H2,(H2,22,26)(H,23,25)/t18-,19-/m1/s1. The number of hydrogen-bond donors (Lipinski definition) is 2. The summed E-state index contributed by atoms with van der Waals surface area (Å²) >= 11 is 0. The highest BCUT2D eigenvalue weighted by Crippen LogP contribution is 2.20. The average Bonchev–Trinajstić information content (AvgIpc) is 3.11. The first-order valence-corrected chi connectivity index (χ1v) is 9.05. The lowest BCUT2D eigenvalue weighted by Gasteiger charge is -2.24. The quantitative estimate of drug-likeness (QED) is 0.801. The maximum Gasteiger partial charge on any atom is 0.234 e. The number of benzene rings is 2. The van der Waals surface area contributed by atoms with E-state index in [2.05, 4.69) is 17.4 Å². The van der Waals surface area contributed by atoms with Gasteiger partial charge in [0.2, 0.25) is 11.8 Å². The third-order valence-electron chi connectivity index (χ3n) is 4.86. The Morgan fingerprint density at radius 2 is 1.73 bits per heavy atom. The number of likely N-dealkylation sites (tertiary alicyclic amines) is 1. The minimum atomic E-state index is -0.348. The Labute approximate surface area is 154 Å². The smallest absolute Gasteiger partial charge is 0.234 e. The molecule has 0 saturated carbocycles. The lowest BCUT2D eigenvalue weighted by molar-refractivity contribution is -0.126. The lowest BCUT2D eigenvalue weighted by atomic mass is 9.99. The number of rotatable bonds is 7. The Bertz CT molecular complexity index is 733. The number of nitrogens with one attached hydrogen (secondary N) is 1. The fourth-order valence-corrected chi connectivity index (χ4v) is 3.55. The van der Waals surface area contributed by atoms with Crippen LogP contribution in [0, 0.1) is 0 Å². The van der Waals surface area contributed by atoms with E-state index >= 15 is 0 Å². The number of nitrogens with two attached hydrogens (primary N) is 1. The lowest BCUT2D eigenvalue weighted by Crippen LogP contribution is -2.46. The molecular formula is C21H25N3O2. The first kappa shape index (κ1) is 18.1. The molecule has 2 aromatic rings. The Balaban J connectivity index is 1.69. The second-order valence-electron chi connectivity index (χ2n) is 6.75. The van der Waals surface area contributed by atoms with E-state index in [-0.39, 0.29) is 30.4 Å². The highest BCUT2D eigenvalue weighted by molar-refractivity contribution is 5.83. The van der Waals surface area contributed by atoms with Crippen LogP contribution in [0.25, 0.3) is 0 Å². The van der Waals surface area contributed by atoms with Crippen LogP contribution in [0.5, 0.6) is 0 Å². The number of hydrogen-bond acceptors (Lipinski definition) is 3. The van der Waals surface area contributed by atoms with Crippen molar-refractivity contribution < 1.29 is 9.59 Å². The molecule has 2 atom stereocenters. The molecule has 0 spiro atoms. The first-order valence-electron chi connectivity index (χ1n) is 9.05. The molecule has 1 aliphatic heterocycles. The molecule has 3 N–H and O–H groups in total. The van der Waals surface area contributed by atoms with E-state index in [0.717, 1.165) is 36.9 Å². The molecule has 26 heavy (non-hydrogen) atoms. The minimum Gasteiger partial charge on any atom is -0.368 e. The molecule has 1 aliphatic rings. The van der Waals surface area contributed by atoms with Crippen LogP contribution in [0.2, 0.25) is 0 Å². The molecule has 1 heterocycles. The molecule has 1 fully saturated rings. The Kier molecular flexibility index (Phi) is 6.02. The summed E-state index contributed by atoms with van der Waals surface area (Å²) in [7, 11) is 0. The van der Waals surface area contributed by atoms with Gasteiger partial charge in [0.25, 0.3) is 0 Å². The van der Waals surface area contributed by atoms with E-state index < -0.39 is 0 Å². The molecule has 0 aliphatic carbocycles. The highest BCUT2D eigenvalue weighted by atomic mass is 16.2. The Morgan fingerprint density at radius 3 is 2.38 bits per heavy atom. The van der Waals surface area contributed by atoms with Gasteiger partial charge < -0.3 is 11.1 Å². The second kappa shape index (κ2) is 8.63. The van der Waals surface area contributed by atoms with Crippen molar-refractivity contribution in [3.8, 4) is 0 Å². The van der Waals surface area contributed by atoms with Crippen LogP contribution < -0.4 is 11.1 Å². The largest absolute Gasteiger partial charge is 0.368 e. The number of nitrogens with zero attached hydrogens (tertiary/aromatic N) is 1. The average molecular weight is 351 g/mol. The molecule has 2 aromatic carbocycles. The molecular weight excluding hydrogens is 326 g/mol. The highest BCUT2D eigenvalue weighted by Gasteiger charge is 2.30. The summed E-state index contributed by atoms with van der Waals surface area (Å²) in [5, 5.41) is 3.14. The van der Waals surface area contributed by atoms with E-state index in [1.54, 1.807) is 0 Å². The van der Waals surface area contributed by atoms with Crippen molar-refractivity contribution in [1.82, 2.24) is 10.2 Å². The number of amides is 2. The summed E-state index contributed by atoms with van der Waals surface area (Å²) in [6.07, 6.45) is 2.34. The summed E-state index contributed by atoms with van der Waals surface area (Å²) in [6.45, 7) is 0.932. The van der Waals surface area contributed by atoms with Crippen molar-refractivity contribution in [2.75, 3.05) is 13.1 Å². The summed E-state index contributed by atoms with van der Waals surface area (Å²) in [4.78, 5) is 26.0. The molecule has 5 nitrogen and oxygen atoms in total. The van der Waals surface area contributed by atoms with Gasteiger partial charge in [-0.25, -0.2) is 0 Å². The topological polar surface area (TPSA) is 75.4 Å². The first-order chi connectivity index (χ1) is 12.6. The summed E-state index contributed by atoms with van der Waals surface area (Å²) in [5.74, 6) is -0.429. The fourth-order valence-electron chi connectivity index (χ4n) is 3.55. The maximum atomic E-state index is 12.6. The normalized spacial score (nSPS) is 18.4. The Hall–Kier alpha value is -2.66. The van der Waals surface area contributed by atoms with Crippen molar-refractivity contribution in [1.29, 1.82) is 0 Å². The molecule has 0 aromatic heterocycles. The predicted octanol–water partition coefficient (Wildman–Crippen LogP) is 2.04. The van der Waals surface area contributed by atoms with E-state index in [0.29, 0.717) is 0 Å². The number of primary amides is 1. The van der Waals surface area contributed by atoms with Crippen molar-refractivity contribution in [2.24, 2.45) is 5.73 Å². The summed E-state index contributed by atoms with van der Waals surface area (Å²) < 4.78 is 0. The summed E-state index contributed by atoms with van der Waals surface area (Å²) in [5.41, 5.74) is 7.68. The Morgan fingerprint density at radius 1 is 1.08 bits per heavy atom. The van der Waals surface area contributed by atoms with Crippen LogP contribution in [-0.4, -0.2) is 35.8 Å². The monoisotopic (exact) mass is 351 g/mol. The fraction of sp³-hybridized carbons (Fsp3) is 0.333. The molecule has 1 saturated heterocycles. The van der Waals surface area contributed by atoms with E-state index in [1.165, 1.54) is 0 Å². The van der Waals surface area contributed by atoms with Crippen molar-refractivity contribution in [3.05, 3.63) is 71.8 Å². The summed E-state index contributed by atoms with van der Waals surface area (Å²) in [6, 6.07) is 19.6. The second-order valence-corrected chi connectivity index (χ2v) is 6.75. The number of carbonyl (C=O) groups excluding carboxylic acids is 2. The van der Waals surface area contributed by atoms with E-state index in [9.17, 15) is 9.59 Å².